The smallest absolute Gasteiger partial charge is 0.0849 e. The largest absolute Gasteiger partial charge is 0.320 e. The van der Waals surface area contributed by atoms with E-state index in [0.29, 0.717) is 0 Å². The molecule has 4 heteroatoms. The second-order valence-electron chi connectivity index (χ2n) is 3.39. The van der Waals surface area contributed by atoms with E-state index in [0.717, 1.165) is 42.2 Å². The molecule has 0 saturated heterocycles. The van der Waals surface area contributed by atoms with E-state index in [1.54, 1.807) is 0 Å². The van der Waals surface area contributed by atoms with Crippen molar-refractivity contribution in [1.82, 2.24) is 15.1 Å². The lowest BCUT2D eigenvalue weighted by Gasteiger charge is -2.01. The molecule has 0 amide bonds. The summed E-state index contributed by atoms with van der Waals surface area (Å²) in [7, 11) is 3.92. The summed E-state index contributed by atoms with van der Waals surface area (Å²) in [6.07, 6.45) is 2.99. The Hall–Kier alpha value is -0.540. The number of rotatable bonds is 5. The van der Waals surface area contributed by atoms with Crippen molar-refractivity contribution >= 4 is 11.6 Å². The zero-order valence-corrected chi connectivity index (χ0v) is 9.86. The second kappa shape index (κ2) is 5.37. The van der Waals surface area contributed by atoms with Crippen LogP contribution in [0.2, 0.25) is 5.02 Å². The van der Waals surface area contributed by atoms with Crippen LogP contribution in [0.15, 0.2) is 0 Å². The number of aryl methyl sites for hydroxylation is 2. The summed E-state index contributed by atoms with van der Waals surface area (Å²) < 4.78 is 1.90. The standard InChI is InChI=1S/C10H18ClN3/c1-4-8-10(11)9(14(3)13-8)6-5-7-12-2/h12H,4-7H2,1-3H3. The van der Waals surface area contributed by atoms with Gasteiger partial charge in [-0.2, -0.15) is 5.10 Å². The normalized spacial score (nSPS) is 10.9. The van der Waals surface area contributed by atoms with Gasteiger partial charge in [0.15, 0.2) is 0 Å². The minimum atomic E-state index is 0.853. The Morgan fingerprint density at radius 2 is 2.21 bits per heavy atom. The number of hydrogen-bond donors (Lipinski definition) is 1. The molecule has 1 aromatic heterocycles. The molecule has 0 atom stereocenters. The molecule has 0 bridgehead atoms. The predicted octanol–water partition coefficient (Wildman–Crippen LogP) is 1.79. The van der Waals surface area contributed by atoms with Crippen molar-refractivity contribution in [3.05, 3.63) is 16.4 Å². The van der Waals surface area contributed by atoms with Gasteiger partial charge < -0.3 is 5.32 Å². The molecule has 1 heterocycles. The minimum absolute atomic E-state index is 0.853. The number of aromatic nitrogens is 2. The van der Waals surface area contributed by atoms with E-state index in [-0.39, 0.29) is 0 Å². The van der Waals surface area contributed by atoms with Gasteiger partial charge in [0.25, 0.3) is 0 Å². The number of nitrogens with zero attached hydrogens (tertiary/aromatic N) is 2. The molecule has 1 aromatic rings. The fraction of sp³-hybridized carbons (Fsp3) is 0.700. The van der Waals surface area contributed by atoms with Crippen LogP contribution in [0.3, 0.4) is 0 Å². The maximum Gasteiger partial charge on any atom is 0.0849 e. The Bertz CT molecular complexity index is 294. The number of nitrogens with one attached hydrogen (secondary N) is 1. The molecule has 14 heavy (non-hydrogen) atoms. The van der Waals surface area contributed by atoms with Gasteiger partial charge in [-0.3, -0.25) is 4.68 Å². The third-order valence-electron chi connectivity index (χ3n) is 2.34. The number of halogens is 1. The van der Waals surface area contributed by atoms with E-state index in [1.807, 2.05) is 18.8 Å². The van der Waals surface area contributed by atoms with E-state index in [2.05, 4.69) is 17.3 Å². The highest BCUT2D eigenvalue weighted by Gasteiger charge is 2.11. The average molecular weight is 216 g/mol. The zero-order valence-electron chi connectivity index (χ0n) is 9.10. The maximum absolute atomic E-state index is 6.20. The first-order valence-electron chi connectivity index (χ1n) is 5.05. The summed E-state index contributed by atoms with van der Waals surface area (Å²) in [5.74, 6) is 0. The SMILES string of the molecule is CCc1nn(C)c(CCCNC)c1Cl. The molecule has 0 aliphatic rings. The average Bonchev–Trinajstić information content (AvgIpc) is 2.45. The van der Waals surface area contributed by atoms with Crippen LogP contribution < -0.4 is 5.32 Å². The lowest BCUT2D eigenvalue weighted by Crippen LogP contribution is -2.09. The molecule has 0 unspecified atom stereocenters. The van der Waals surface area contributed by atoms with Crippen LogP contribution in [0, 0.1) is 0 Å². The number of hydrogen-bond acceptors (Lipinski definition) is 2. The Balaban J connectivity index is 2.70. The Kier molecular flexibility index (Phi) is 4.42. The molecular weight excluding hydrogens is 198 g/mol. The third kappa shape index (κ3) is 2.49. The highest BCUT2D eigenvalue weighted by atomic mass is 35.5. The van der Waals surface area contributed by atoms with Gasteiger partial charge in [-0.1, -0.05) is 18.5 Å². The first-order valence-corrected chi connectivity index (χ1v) is 5.43. The molecule has 0 saturated carbocycles. The monoisotopic (exact) mass is 215 g/mol. The van der Waals surface area contributed by atoms with E-state index in [1.165, 1.54) is 0 Å². The van der Waals surface area contributed by atoms with Gasteiger partial charge in [-0.25, -0.2) is 0 Å². The van der Waals surface area contributed by atoms with Gasteiger partial charge >= 0.3 is 0 Å². The van der Waals surface area contributed by atoms with Crippen molar-refractivity contribution in [3.8, 4) is 0 Å². The van der Waals surface area contributed by atoms with Crippen LogP contribution in [-0.2, 0) is 19.9 Å². The van der Waals surface area contributed by atoms with Gasteiger partial charge in [0.1, 0.15) is 0 Å². The molecule has 3 nitrogen and oxygen atoms in total. The van der Waals surface area contributed by atoms with Crippen molar-refractivity contribution in [2.75, 3.05) is 13.6 Å². The van der Waals surface area contributed by atoms with Crippen molar-refractivity contribution in [3.63, 3.8) is 0 Å². The van der Waals surface area contributed by atoms with E-state index < -0.39 is 0 Å². The van der Waals surface area contributed by atoms with Crippen molar-refractivity contribution < 1.29 is 0 Å². The second-order valence-corrected chi connectivity index (χ2v) is 3.77. The van der Waals surface area contributed by atoms with Crippen LogP contribution in [0.5, 0.6) is 0 Å². The van der Waals surface area contributed by atoms with Crippen LogP contribution in [0.4, 0.5) is 0 Å². The summed E-state index contributed by atoms with van der Waals surface area (Å²) >= 11 is 6.20. The third-order valence-corrected chi connectivity index (χ3v) is 2.78. The molecule has 0 aromatic carbocycles. The lowest BCUT2D eigenvalue weighted by atomic mass is 10.2. The van der Waals surface area contributed by atoms with Crippen LogP contribution in [0.1, 0.15) is 24.7 Å². The molecule has 80 valence electrons. The van der Waals surface area contributed by atoms with Crippen LogP contribution in [-0.4, -0.2) is 23.4 Å². The van der Waals surface area contributed by atoms with Crippen LogP contribution >= 0.6 is 11.6 Å². The molecule has 1 N–H and O–H groups in total. The van der Waals surface area contributed by atoms with Crippen molar-refractivity contribution in [2.24, 2.45) is 7.05 Å². The molecule has 0 radical (unpaired) electrons. The molecule has 0 aliphatic heterocycles. The lowest BCUT2D eigenvalue weighted by molar-refractivity contribution is 0.655. The van der Waals surface area contributed by atoms with E-state index in [4.69, 9.17) is 11.6 Å². The highest BCUT2D eigenvalue weighted by molar-refractivity contribution is 6.31. The fourth-order valence-corrected chi connectivity index (χ4v) is 1.91. The van der Waals surface area contributed by atoms with Gasteiger partial charge in [-0.05, 0) is 32.9 Å². The van der Waals surface area contributed by atoms with Crippen molar-refractivity contribution in [1.29, 1.82) is 0 Å². The van der Waals surface area contributed by atoms with Gasteiger partial charge in [0.05, 0.1) is 16.4 Å². The molecule has 0 aliphatic carbocycles. The van der Waals surface area contributed by atoms with Gasteiger partial charge in [-0.15, -0.1) is 0 Å². The molecule has 0 fully saturated rings. The first kappa shape index (κ1) is 11.5. The topological polar surface area (TPSA) is 29.9 Å². The molecule has 1 rings (SSSR count). The van der Waals surface area contributed by atoms with E-state index >= 15 is 0 Å². The van der Waals surface area contributed by atoms with E-state index in [9.17, 15) is 0 Å². The molecule has 0 spiro atoms. The highest BCUT2D eigenvalue weighted by Crippen LogP contribution is 2.21. The fourth-order valence-electron chi connectivity index (χ4n) is 1.52. The quantitative estimate of drug-likeness (QED) is 0.760. The Labute approximate surface area is 90.4 Å². The zero-order chi connectivity index (χ0) is 10.6. The van der Waals surface area contributed by atoms with Gasteiger partial charge in [0, 0.05) is 7.05 Å². The van der Waals surface area contributed by atoms with Crippen LogP contribution in [0.25, 0.3) is 0 Å². The Morgan fingerprint density at radius 1 is 1.50 bits per heavy atom. The predicted molar refractivity (Wildman–Crippen MR) is 59.8 cm³/mol. The summed E-state index contributed by atoms with van der Waals surface area (Å²) in [5.41, 5.74) is 2.16. The van der Waals surface area contributed by atoms with Gasteiger partial charge in [0.2, 0.25) is 0 Å². The maximum atomic E-state index is 6.20. The Morgan fingerprint density at radius 3 is 2.71 bits per heavy atom. The minimum Gasteiger partial charge on any atom is -0.320 e. The summed E-state index contributed by atoms with van der Waals surface area (Å²) in [5, 5.41) is 8.35. The van der Waals surface area contributed by atoms with Crippen molar-refractivity contribution in [2.45, 2.75) is 26.2 Å². The molecular formula is C10H18ClN3. The summed E-state index contributed by atoms with van der Waals surface area (Å²) in [6, 6.07) is 0. The summed E-state index contributed by atoms with van der Waals surface area (Å²) in [4.78, 5) is 0. The first-order chi connectivity index (χ1) is 6.70. The summed E-state index contributed by atoms with van der Waals surface area (Å²) in [6.45, 7) is 3.09.